The topological polar surface area (TPSA) is 46.3 Å². The van der Waals surface area contributed by atoms with E-state index in [1.165, 1.54) is 11.0 Å². The van der Waals surface area contributed by atoms with Gasteiger partial charge < -0.3 is 10.6 Å². The molecule has 1 saturated carbocycles. The van der Waals surface area contributed by atoms with E-state index in [1.807, 2.05) is 0 Å². The van der Waals surface area contributed by atoms with Crippen molar-refractivity contribution in [3.05, 3.63) is 35.4 Å². The molecule has 5 heteroatoms. The predicted molar refractivity (Wildman–Crippen MR) is 66.5 cm³/mol. The number of benzene rings is 1. The molecule has 19 heavy (non-hydrogen) atoms. The van der Waals surface area contributed by atoms with Gasteiger partial charge in [0.1, 0.15) is 17.2 Å². The summed E-state index contributed by atoms with van der Waals surface area (Å²) in [6.07, 6.45) is 1.97. The van der Waals surface area contributed by atoms with Gasteiger partial charge in [0, 0.05) is 19.1 Å². The zero-order valence-electron chi connectivity index (χ0n) is 10.5. The molecule has 0 spiro atoms. The summed E-state index contributed by atoms with van der Waals surface area (Å²) in [5, 5.41) is 0. The molecule has 102 valence electrons. The van der Waals surface area contributed by atoms with Crippen LogP contribution in [0.1, 0.15) is 23.2 Å². The van der Waals surface area contributed by atoms with Crippen molar-refractivity contribution in [3.8, 4) is 0 Å². The van der Waals surface area contributed by atoms with Crippen LogP contribution in [0.2, 0.25) is 0 Å². The molecule has 1 aromatic rings. The van der Waals surface area contributed by atoms with Gasteiger partial charge in [-0.2, -0.15) is 0 Å². The molecule has 0 bridgehead atoms. The van der Waals surface area contributed by atoms with Gasteiger partial charge in [-0.15, -0.1) is 0 Å². The van der Waals surface area contributed by atoms with E-state index >= 15 is 0 Å². The molecule has 1 amide bonds. The van der Waals surface area contributed by atoms with Crippen LogP contribution in [0.3, 0.4) is 0 Å². The fourth-order valence-electron chi connectivity index (χ4n) is 3.33. The Hall–Kier alpha value is -1.49. The van der Waals surface area contributed by atoms with E-state index in [1.54, 1.807) is 0 Å². The van der Waals surface area contributed by atoms with Gasteiger partial charge >= 0.3 is 0 Å². The Balaban J connectivity index is 1.83. The molecule has 0 aromatic heterocycles. The van der Waals surface area contributed by atoms with Crippen LogP contribution in [0, 0.1) is 23.5 Å². The maximum absolute atomic E-state index is 13.6. The van der Waals surface area contributed by atoms with Crippen LogP contribution in [0.4, 0.5) is 8.78 Å². The molecule has 3 atom stereocenters. The zero-order valence-corrected chi connectivity index (χ0v) is 10.5. The summed E-state index contributed by atoms with van der Waals surface area (Å²) in [4.78, 5) is 13.8. The molecule has 3 rings (SSSR count). The second kappa shape index (κ2) is 4.56. The SMILES string of the molecule is NC1CCC2CN(C(=O)c3c(F)cccc3F)CC12. The van der Waals surface area contributed by atoms with Crippen LogP contribution in [0.25, 0.3) is 0 Å². The minimum atomic E-state index is -0.800. The van der Waals surface area contributed by atoms with Crippen LogP contribution in [-0.4, -0.2) is 29.9 Å². The zero-order chi connectivity index (χ0) is 13.6. The van der Waals surface area contributed by atoms with Crippen molar-refractivity contribution in [2.75, 3.05) is 13.1 Å². The number of nitrogens with two attached hydrogens (primary N) is 1. The molecule has 1 heterocycles. The molecule has 1 aromatic carbocycles. The van der Waals surface area contributed by atoms with E-state index in [4.69, 9.17) is 5.73 Å². The fourth-order valence-corrected chi connectivity index (χ4v) is 3.33. The van der Waals surface area contributed by atoms with E-state index in [0.717, 1.165) is 25.0 Å². The number of likely N-dealkylation sites (tertiary alicyclic amines) is 1. The van der Waals surface area contributed by atoms with E-state index in [9.17, 15) is 13.6 Å². The Morgan fingerprint density at radius 1 is 1.21 bits per heavy atom. The highest BCUT2D eigenvalue weighted by Crippen LogP contribution is 2.37. The van der Waals surface area contributed by atoms with E-state index in [2.05, 4.69) is 0 Å². The number of nitrogens with zero attached hydrogens (tertiary/aromatic N) is 1. The van der Waals surface area contributed by atoms with Gasteiger partial charge in [0.2, 0.25) is 0 Å². The van der Waals surface area contributed by atoms with Crippen molar-refractivity contribution in [2.45, 2.75) is 18.9 Å². The van der Waals surface area contributed by atoms with Crippen LogP contribution >= 0.6 is 0 Å². The normalized spacial score (nSPS) is 29.6. The molecular formula is C14H16F2N2O. The van der Waals surface area contributed by atoms with Gasteiger partial charge in [0.15, 0.2) is 0 Å². The maximum Gasteiger partial charge on any atom is 0.259 e. The average Bonchev–Trinajstić information content (AvgIpc) is 2.92. The van der Waals surface area contributed by atoms with E-state index in [-0.39, 0.29) is 12.0 Å². The molecule has 0 radical (unpaired) electrons. The second-order valence-corrected chi connectivity index (χ2v) is 5.47. The predicted octanol–water partition coefficient (Wildman–Crippen LogP) is 1.77. The summed E-state index contributed by atoms with van der Waals surface area (Å²) in [6.45, 7) is 1.07. The lowest BCUT2D eigenvalue weighted by atomic mass is 9.98. The Morgan fingerprint density at radius 3 is 2.53 bits per heavy atom. The summed E-state index contributed by atoms with van der Waals surface area (Å²) >= 11 is 0. The van der Waals surface area contributed by atoms with Crippen LogP contribution in [0.5, 0.6) is 0 Å². The molecule has 2 N–H and O–H groups in total. The number of hydrogen-bond donors (Lipinski definition) is 1. The van der Waals surface area contributed by atoms with Gasteiger partial charge in [-0.05, 0) is 36.8 Å². The number of fused-ring (bicyclic) bond motifs is 1. The number of carbonyl (C=O) groups excluding carboxylic acids is 1. The fraction of sp³-hybridized carbons (Fsp3) is 0.500. The quantitative estimate of drug-likeness (QED) is 0.842. The van der Waals surface area contributed by atoms with Gasteiger partial charge in [-0.3, -0.25) is 4.79 Å². The first-order valence-corrected chi connectivity index (χ1v) is 6.57. The monoisotopic (exact) mass is 266 g/mol. The lowest BCUT2D eigenvalue weighted by Gasteiger charge is -2.19. The lowest BCUT2D eigenvalue weighted by molar-refractivity contribution is 0.0770. The molecule has 1 aliphatic heterocycles. The highest BCUT2D eigenvalue weighted by atomic mass is 19.1. The molecule has 1 saturated heterocycles. The van der Waals surface area contributed by atoms with Crippen molar-refractivity contribution in [1.82, 2.24) is 4.90 Å². The average molecular weight is 266 g/mol. The number of amides is 1. The molecule has 1 aliphatic carbocycles. The third-order valence-corrected chi connectivity index (χ3v) is 4.38. The van der Waals surface area contributed by atoms with Gasteiger partial charge in [0.05, 0.1) is 0 Å². The summed E-state index contributed by atoms with van der Waals surface area (Å²) < 4.78 is 27.2. The first kappa shape index (κ1) is 12.5. The largest absolute Gasteiger partial charge is 0.338 e. The summed E-state index contributed by atoms with van der Waals surface area (Å²) in [7, 11) is 0. The van der Waals surface area contributed by atoms with Gasteiger partial charge in [0.25, 0.3) is 5.91 Å². The Bertz CT molecular complexity index is 500. The third kappa shape index (κ3) is 2.02. The molecular weight excluding hydrogens is 250 g/mol. The molecule has 2 fully saturated rings. The van der Waals surface area contributed by atoms with E-state index in [0.29, 0.717) is 19.0 Å². The van der Waals surface area contributed by atoms with Crippen LogP contribution in [0.15, 0.2) is 18.2 Å². The lowest BCUT2D eigenvalue weighted by Crippen LogP contribution is -2.34. The van der Waals surface area contributed by atoms with Crippen molar-refractivity contribution in [1.29, 1.82) is 0 Å². The molecule has 3 nitrogen and oxygen atoms in total. The van der Waals surface area contributed by atoms with Gasteiger partial charge in [-0.1, -0.05) is 6.07 Å². The first-order chi connectivity index (χ1) is 9.08. The number of carbonyl (C=O) groups is 1. The Kier molecular flexibility index (Phi) is 3.01. The first-order valence-electron chi connectivity index (χ1n) is 6.57. The summed E-state index contributed by atoms with van der Waals surface area (Å²) in [5.74, 6) is -1.50. The van der Waals surface area contributed by atoms with E-state index < -0.39 is 23.1 Å². The minimum absolute atomic E-state index is 0.105. The van der Waals surface area contributed by atoms with Crippen molar-refractivity contribution in [3.63, 3.8) is 0 Å². The van der Waals surface area contributed by atoms with Crippen molar-refractivity contribution >= 4 is 5.91 Å². The third-order valence-electron chi connectivity index (χ3n) is 4.38. The summed E-state index contributed by atoms with van der Waals surface area (Å²) in [6, 6.07) is 3.59. The molecule has 2 aliphatic rings. The maximum atomic E-state index is 13.6. The van der Waals surface area contributed by atoms with Crippen molar-refractivity contribution in [2.24, 2.45) is 17.6 Å². The molecule has 3 unspecified atom stereocenters. The Labute approximate surface area is 110 Å². The number of halogens is 2. The highest BCUT2D eigenvalue weighted by Gasteiger charge is 2.43. The van der Waals surface area contributed by atoms with Gasteiger partial charge in [-0.25, -0.2) is 8.78 Å². The summed E-state index contributed by atoms with van der Waals surface area (Å²) in [5.41, 5.74) is 5.55. The Morgan fingerprint density at radius 2 is 1.89 bits per heavy atom. The van der Waals surface area contributed by atoms with Crippen LogP contribution in [-0.2, 0) is 0 Å². The standard InChI is InChI=1S/C14H16F2N2O/c15-10-2-1-3-11(16)13(10)14(19)18-6-8-4-5-12(17)9(8)7-18/h1-3,8-9,12H,4-7,17H2. The highest BCUT2D eigenvalue weighted by molar-refractivity contribution is 5.95. The van der Waals surface area contributed by atoms with Crippen molar-refractivity contribution < 1.29 is 13.6 Å². The smallest absolute Gasteiger partial charge is 0.259 e. The van der Waals surface area contributed by atoms with Crippen LogP contribution < -0.4 is 5.73 Å². The number of rotatable bonds is 1. The minimum Gasteiger partial charge on any atom is -0.338 e. The number of hydrogen-bond acceptors (Lipinski definition) is 2. The second-order valence-electron chi connectivity index (χ2n) is 5.47.